The molecular weight excluding hydrogens is 192 g/mol. The quantitative estimate of drug-likeness (QED) is 0.710. The predicted molar refractivity (Wildman–Crippen MR) is 54.9 cm³/mol. The van der Waals surface area contributed by atoms with Gasteiger partial charge < -0.3 is 10.4 Å². The van der Waals surface area contributed by atoms with Crippen LogP contribution in [-0.2, 0) is 0 Å². The van der Waals surface area contributed by atoms with Gasteiger partial charge in [-0.2, -0.15) is 0 Å². The lowest BCUT2D eigenvalue weighted by molar-refractivity contribution is 0.471. The van der Waals surface area contributed by atoms with Gasteiger partial charge in [-0.3, -0.25) is 4.40 Å². The Morgan fingerprint density at radius 3 is 3.13 bits per heavy atom. The van der Waals surface area contributed by atoms with Crippen molar-refractivity contribution < 1.29 is 5.11 Å². The fourth-order valence-electron chi connectivity index (χ4n) is 2.05. The molecule has 1 aliphatic rings. The number of rotatable bonds is 1. The van der Waals surface area contributed by atoms with Gasteiger partial charge in [-0.25, -0.2) is 0 Å². The van der Waals surface area contributed by atoms with Gasteiger partial charge >= 0.3 is 0 Å². The van der Waals surface area contributed by atoms with Crippen molar-refractivity contribution in [3.8, 4) is 5.75 Å². The van der Waals surface area contributed by atoms with Crippen molar-refractivity contribution in [1.29, 1.82) is 0 Å². The molecule has 2 aromatic heterocycles. The normalized spacial score (nSPS) is 21.2. The summed E-state index contributed by atoms with van der Waals surface area (Å²) in [6.07, 6.45) is 2.75. The second-order valence-corrected chi connectivity index (χ2v) is 3.86. The summed E-state index contributed by atoms with van der Waals surface area (Å²) >= 11 is 0. The molecule has 3 heterocycles. The van der Waals surface area contributed by atoms with Gasteiger partial charge in [0, 0.05) is 12.5 Å². The van der Waals surface area contributed by atoms with Crippen molar-refractivity contribution >= 4 is 5.65 Å². The van der Waals surface area contributed by atoms with Crippen LogP contribution >= 0.6 is 0 Å². The van der Waals surface area contributed by atoms with E-state index in [1.807, 2.05) is 4.40 Å². The first-order chi connectivity index (χ1) is 7.34. The van der Waals surface area contributed by atoms with Gasteiger partial charge in [0.2, 0.25) is 0 Å². The standard InChI is InChI=1S/C10H12N4O/c15-8-1-2-9-12-13-10(14(9)6-8)7-3-4-11-5-7/h1-2,6-7,11,15H,3-5H2. The van der Waals surface area contributed by atoms with Crippen LogP contribution in [0.3, 0.4) is 0 Å². The molecule has 1 unspecified atom stereocenters. The van der Waals surface area contributed by atoms with E-state index in [-0.39, 0.29) is 5.75 Å². The van der Waals surface area contributed by atoms with Gasteiger partial charge in [0.15, 0.2) is 5.65 Å². The Morgan fingerprint density at radius 2 is 2.33 bits per heavy atom. The molecule has 0 radical (unpaired) electrons. The largest absolute Gasteiger partial charge is 0.506 e. The predicted octanol–water partition coefficient (Wildman–Crippen LogP) is 0.512. The van der Waals surface area contributed by atoms with E-state index in [0.29, 0.717) is 5.92 Å². The average Bonchev–Trinajstić information content (AvgIpc) is 2.83. The summed E-state index contributed by atoms with van der Waals surface area (Å²) in [4.78, 5) is 0. The van der Waals surface area contributed by atoms with E-state index in [0.717, 1.165) is 31.0 Å². The first-order valence-corrected chi connectivity index (χ1v) is 5.09. The summed E-state index contributed by atoms with van der Waals surface area (Å²) < 4.78 is 1.87. The SMILES string of the molecule is Oc1ccc2nnc(C3CCNC3)n2c1. The van der Waals surface area contributed by atoms with Gasteiger partial charge in [-0.1, -0.05) is 0 Å². The van der Waals surface area contributed by atoms with Crippen molar-refractivity contribution in [2.75, 3.05) is 13.1 Å². The molecule has 15 heavy (non-hydrogen) atoms. The molecule has 2 aromatic rings. The molecule has 78 valence electrons. The van der Waals surface area contributed by atoms with Crippen LogP contribution in [0.5, 0.6) is 5.75 Å². The summed E-state index contributed by atoms with van der Waals surface area (Å²) in [5.41, 5.74) is 0.787. The first kappa shape index (κ1) is 8.67. The van der Waals surface area contributed by atoms with E-state index < -0.39 is 0 Å². The summed E-state index contributed by atoms with van der Waals surface area (Å²) in [7, 11) is 0. The van der Waals surface area contributed by atoms with Crippen LogP contribution in [-0.4, -0.2) is 32.8 Å². The van der Waals surface area contributed by atoms with E-state index in [4.69, 9.17) is 0 Å². The van der Waals surface area contributed by atoms with E-state index >= 15 is 0 Å². The molecule has 0 saturated carbocycles. The third kappa shape index (κ3) is 1.35. The molecule has 1 aliphatic heterocycles. The van der Waals surface area contributed by atoms with Gasteiger partial charge in [-0.05, 0) is 25.1 Å². The van der Waals surface area contributed by atoms with Gasteiger partial charge in [0.25, 0.3) is 0 Å². The maximum atomic E-state index is 9.42. The average molecular weight is 204 g/mol. The van der Waals surface area contributed by atoms with Crippen LogP contribution in [0.25, 0.3) is 5.65 Å². The summed E-state index contributed by atoms with van der Waals surface area (Å²) in [5.74, 6) is 1.59. The van der Waals surface area contributed by atoms with Crippen LogP contribution in [0.4, 0.5) is 0 Å². The first-order valence-electron chi connectivity index (χ1n) is 5.09. The molecule has 1 fully saturated rings. The Morgan fingerprint density at radius 1 is 1.40 bits per heavy atom. The minimum absolute atomic E-state index is 0.245. The zero-order chi connectivity index (χ0) is 10.3. The third-order valence-electron chi connectivity index (χ3n) is 2.84. The molecule has 0 bridgehead atoms. The van der Waals surface area contributed by atoms with Gasteiger partial charge in [0.05, 0.1) is 6.20 Å². The fraction of sp³-hybridized carbons (Fsp3) is 0.400. The zero-order valence-corrected chi connectivity index (χ0v) is 8.22. The van der Waals surface area contributed by atoms with E-state index in [2.05, 4.69) is 15.5 Å². The minimum atomic E-state index is 0.245. The molecule has 5 nitrogen and oxygen atoms in total. The Hall–Kier alpha value is -1.62. The van der Waals surface area contributed by atoms with Crippen LogP contribution in [0.15, 0.2) is 18.3 Å². The van der Waals surface area contributed by atoms with Crippen LogP contribution in [0.1, 0.15) is 18.2 Å². The molecule has 3 rings (SSSR count). The highest BCUT2D eigenvalue weighted by molar-refractivity contribution is 5.41. The minimum Gasteiger partial charge on any atom is -0.506 e. The Balaban J connectivity index is 2.13. The Kier molecular flexibility index (Phi) is 1.85. The lowest BCUT2D eigenvalue weighted by Gasteiger charge is -2.05. The monoisotopic (exact) mass is 204 g/mol. The van der Waals surface area contributed by atoms with E-state index in [1.54, 1.807) is 18.3 Å². The Bertz CT molecular complexity index is 487. The maximum Gasteiger partial charge on any atom is 0.161 e. The second kappa shape index (κ2) is 3.20. The van der Waals surface area contributed by atoms with E-state index in [1.165, 1.54) is 0 Å². The number of nitrogens with one attached hydrogen (secondary N) is 1. The number of aromatic hydroxyl groups is 1. The summed E-state index contributed by atoms with van der Waals surface area (Å²) in [6, 6.07) is 3.40. The molecule has 5 heteroatoms. The number of nitrogens with zero attached hydrogens (tertiary/aromatic N) is 3. The van der Waals surface area contributed by atoms with Crippen molar-refractivity contribution in [2.45, 2.75) is 12.3 Å². The Labute approximate surface area is 86.8 Å². The van der Waals surface area contributed by atoms with Crippen LogP contribution in [0.2, 0.25) is 0 Å². The maximum absolute atomic E-state index is 9.42. The number of fused-ring (bicyclic) bond motifs is 1. The molecule has 2 N–H and O–H groups in total. The summed E-state index contributed by atoms with van der Waals surface area (Å²) in [6.45, 7) is 1.97. The smallest absolute Gasteiger partial charge is 0.161 e. The molecule has 0 aliphatic carbocycles. The van der Waals surface area contributed by atoms with Gasteiger partial charge in [-0.15, -0.1) is 10.2 Å². The highest BCUT2D eigenvalue weighted by atomic mass is 16.3. The van der Waals surface area contributed by atoms with Crippen molar-refractivity contribution in [2.24, 2.45) is 0 Å². The van der Waals surface area contributed by atoms with Crippen molar-refractivity contribution in [3.63, 3.8) is 0 Å². The molecule has 1 atom stereocenters. The lowest BCUT2D eigenvalue weighted by Crippen LogP contribution is -2.10. The number of pyridine rings is 1. The molecule has 0 aromatic carbocycles. The third-order valence-corrected chi connectivity index (χ3v) is 2.84. The second-order valence-electron chi connectivity index (χ2n) is 3.86. The summed E-state index contributed by atoms with van der Waals surface area (Å²) in [5, 5.41) is 21.0. The molecule has 0 spiro atoms. The highest BCUT2D eigenvalue weighted by Crippen LogP contribution is 2.22. The highest BCUT2D eigenvalue weighted by Gasteiger charge is 2.21. The fourth-order valence-corrected chi connectivity index (χ4v) is 2.05. The lowest BCUT2D eigenvalue weighted by atomic mass is 10.1. The molecule has 1 saturated heterocycles. The number of aromatic nitrogens is 3. The topological polar surface area (TPSA) is 62.5 Å². The molecular formula is C10H12N4O. The zero-order valence-electron chi connectivity index (χ0n) is 8.22. The molecule has 0 amide bonds. The van der Waals surface area contributed by atoms with Crippen LogP contribution in [0, 0.1) is 0 Å². The van der Waals surface area contributed by atoms with Gasteiger partial charge in [0.1, 0.15) is 11.6 Å². The van der Waals surface area contributed by atoms with E-state index in [9.17, 15) is 5.11 Å². The van der Waals surface area contributed by atoms with Crippen molar-refractivity contribution in [3.05, 3.63) is 24.2 Å². The number of hydrogen-bond acceptors (Lipinski definition) is 4. The van der Waals surface area contributed by atoms with Crippen LogP contribution < -0.4 is 5.32 Å². The van der Waals surface area contributed by atoms with Crippen molar-refractivity contribution in [1.82, 2.24) is 19.9 Å². The number of hydrogen-bond donors (Lipinski definition) is 2.